The van der Waals surface area contributed by atoms with E-state index in [1.165, 1.54) is 11.1 Å². The van der Waals surface area contributed by atoms with Crippen LogP contribution >= 0.6 is 0 Å². The third kappa shape index (κ3) is 5.12. The van der Waals surface area contributed by atoms with E-state index in [2.05, 4.69) is 67.7 Å². The highest BCUT2D eigenvalue weighted by Gasteiger charge is 2.15. The summed E-state index contributed by atoms with van der Waals surface area (Å²) in [6, 6.07) is 32.3. The summed E-state index contributed by atoms with van der Waals surface area (Å²) in [4.78, 5) is 22.9. The SMILES string of the molecule is Cc1cccc(-c2nc3ccc(C(=O)NCCc4ccccc4)cc3nc2-c2cccc(C)c2)c1. The van der Waals surface area contributed by atoms with Crippen molar-refractivity contribution in [1.29, 1.82) is 0 Å². The quantitative estimate of drug-likeness (QED) is 0.314. The fraction of sp³-hybridized carbons (Fsp3) is 0.129. The number of fused-ring (bicyclic) bond motifs is 1. The van der Waals surface area contributed by atoms with Crippen molar-refractivity contribution in [1.82, 2.24) is 15.3 Å². The lowest BCUT2D eigenvalue weighted by Crippen LogP contribution is -2.25. The predicted molar refractivity (Wildman–Crippen MR) is 142 cm³/mol. The summed E-state index contributed by atoms with van der Waals surface area (Å²) in [5, 5.41) is 3.02. The van der Waals surface area contributed by atoms with Crippen LogP contribution in [0.2, 0.25) is 0 Å². The van der Waals surface area contributed by atoms with Crippen molar-refractivity contribution >= 4 is 16.9 Å². The molecule has 0 aliphatic carbocycles. The molecule has 5 rings (SSSR count). The molecular weight excluding hydrogens is 430 g/mol. The van der Waals surface area contributed by atoms with Gasteiger partial charge in [-0.15, -0.1) is 0 Å². The highest BCUT2D eigenvalue weighted by Crippen LogP contribution is 2.32. The van der Waals surface area contributed by atoms with Crippen molar-refractivity contribution in [2.45, 2.75) is 20.3 Å². The number of hydrogen-bond acceptors (Lipinski definition) is 3. The normalized spacial score (nSPS) is 10.9. The maximum absolute atomic E-state index is 12.8. The average Bonchev–Trinajstić information content (AvgIpc) is 2.88. The Morgan fingerprint density at radius 2 is 1.31 bits per heavy atom. The van der Waals surface area contributed by atoms with Crippen LogP contribution in [0.1, 0.15) is 27.0 Å². The molecule has 0 fully saturated rings. The number of aryl methyl sites for hydroxylation is 2. The fourth-order valence-electron chi connectivity index (χ4n) is 4.25. The van der Waals surface area contributed by atoms with Gasteiger partial charge in [0.2, 0.25) is 0 Å². The minimum absolute atomic E-state index is 0.107. The van der Waals surface area contributed by atoms with Crippen molar-refractivity contribution in [3.05, 3.63) is 119 Å². The Bertz CT molecular complexity index is 1510. The molecule has 4 nitrogen and oxygen atoms in total. The van der Waals surface area contributed by atoms with Crippen LogP contribution in [-0.2, 0) is 6.42 Å². The fourth-order valence-corrected chi connectivity index (χ4v) is 4.25. The number of benzene rings is 4. The molecule has 1 N–H and O–H groups in total. The van der Waals surface area contributed by atoms with Crippen LogP contribution in [0, 0.1) is 13.8 Å². The third-order valence-electron chi connectivity index (χ3n) is 6.05. The zero-order valence-electron chi connectivity index (χ0n) is 20.0. The van der Waals surface area contributed by atoms with Gasteiger partial charge in [-0.25, -0.2) is 9.97 Å². The molecule has 1 heterocycles. The number of carbonyl (C=O) groups excluding carboxylic acids is 1. The number of nitrogens with one attached hydrogen (secondary N) is 1. The molecule has 0 saturated heterocycles. The number of amides is 1. The molecule has 1 amide bonds. The molecule has 0 aliphatic heterocycles. The predicted octanol–water partition coefficient (Wildman–Crippen LogP) is 6.55. The summed E-state index contributed by atoms with van der Waals surface area (Å²) in [5.41, 5.74) is 9.26. The van der Waals surface area contributed by atoms with Gasteiger partial charge in [0.1, 0.15) is 0 Å². The lowest BCUT2D eigenvalue weighted by Gasteiger charge is -2.12. The van der Waals surface area contributed by atoms with E-state index in [0.29, 0.717) is 17.6 Å². The van der Waals surface area contributed by atoms with E-state index in [4.69, 9.17) is 9.97 Å². The van der Waals surface area contributed by atoms with Gasteiger partial charge >= 0.3 is 0 Å². The largest absolute Gasteiger partial charge is 0.352 e. The number of nitrogens with zero attached hydrogens (tertiary/aromatic N) is 2. The molecule has 35 heavy (non-hydrogen) atoms. The summed E-state index contributed by atoms with van der Waals surface area (Å²) < 4.78 is 0. The molecule has 0 bridgehead atoms. The van der Waals surface area contributed by atoms with Gasteiger partial charge in [0.15, 0.2) is 0 Å². The van der Waals surface area contributed by atoms with Crippen LogP contribution in [0.25, 0.3) is 33.5 Å². The molecule has 0 saturated carbocycles. The number of aromatic nitrogens is 2. The molecule has 5 aromatic rings. The standard InChI is InChI=1S/C31H27N3O/c1-21-8-6-12-24(18-21)29-30(25-13-7-9-22(2)19-25)34-28-20-26(14-15-27(28)33-29)31(35)32-17-16-23-10-4-3-5-11-23/h3-15,18-20H,16-17H2,1-2H3,(H,32,35). The smallest absolute Gasteiger partial charge is 0.251 e. The molecule has 0 aliphatic rings. The van der Waals surface area contributed by atoms with Gasteiger partial charge in [0, 0.05) is 23.2 Å². The number of rotatable bonds is 6. The summed E-state index contributed by atoms with van der Waals surface area (Å²) in [6.45, 7) is 4.72. The van der Waals surface area contributed by atoms with E-state index in [1.54, 1.807) is 0 Å². The van der Waals surface area contributed by atoms with Crippen LogP contribution in [0.5, 0.6) is 0 Å². The van der Waals surface area contributed by atoms with Crippen molar-refractivity contribution in [3.8, 4) is 22.5 Å². The van der Waals surface area contributed by atoms with Gasteiger partial charge in [0.05, 0.1) is 22.4 Å². The Morgan fingerprint density at radius 1 is 0.686 bits per heavy atom. The Labute approximate surface area is 205 Å². The number of carbonyl (C=O) groups is 1. The second kappa shape index (κ2) is 9.90. The Balaban J connectivity index is 1.50. The molecular formula is C31H27N3O. The average molecular weight is 458 g/mol. The molecule has 1 aromatic heterocycles. The van der Waals surface area contributed by atoms with Crippen molar-refractivity contribution in [3.63, 3.8) is 0 Å². The first-order valence-corrected chi connectivity index (χ1v) is 11.8. The van der Waals surface area contributed by atoms with Gasteiger partial charge < -0.3 is 5.32 Å². The van der Waals surface area contributed by atoms with Gasteiger partial charge in [-0.05, 0) is 56.2 Å². The highest BCUT2D eigenvalue weighted by atomic mass is 16.1. The zero-order chi connectivity index (χ0) is 24.2. The maximum atomic E-state index is 12.8. The van der Waals surface area contributed by atoms with E-state index in [9.17, 15) is 4.79 Å². The first-order valence-electron chi connectivity index (χ1n) is 11.8. The Hall–Kier alpha value is -4.31. The molecule has 0 spiro atoms. The first-order chi connectivity index (χ1) is 17.1. The third-order valence-corrected chi connectivity index (χ3v) is 6.05. The lowest BCUT2D eigenvalue weighted by molar-refractivity contribution is 0.0954. The zero-order valence-corrected chi connectivity index (χ0v) is 20.0. The molecule has 0 radical (unpaired) electrons. The topological polar surface area (TPSA) is 54.9 Å². The monoisotopic (exact) mass is 457 g/mol. The van der Waals surface area contributed by atoms with E-state index in [0.717, 1.165) is 40.0 Å². The molecule has 0 unspecified atom stereocenters. The van der Waals surface area contributed by atoms with Crippen LogP contribution < -0.4 is 5.32 Å². The second-order valence-corrected chi connectivity index (χ2v) is 8.85. The van der Waals surface area contributed by atoms with Crippen molar-refractivity contribution in [2.24, 2.45) is 0 Å². The van der Waals surface area contributed by atoms with Gasteiger partial charge in [-0.3, -0.25) is 4.79 Å². The first kappa shape index (κ1) is 22.5. The second-order valence-electron chi connectivity index (χ2n) is 8.85. The summed E-state index contributed by atoms with van der Waals surface area (Å²) in [6.07, 6.45) is 0.789. The van der Waals surface area contributed by atoms with E-state index >= 15 is 0 Å². The molecule has 4 heteroatoms. The maximum Gasteiger partial charge on any atom is 0.251 e. The molecule has 4 aromatic carbocycles. The van der Waals surface area contributed by atoms with Crippen LogP contribution in [0.3, 0.4) is 0 Å². The van der Waals surface area contributed by atoms with Crippen molar-refractivity contribution < 1.29 is 4.79 Å². The molecule has 172 valence electrons. The Kier molecular flexibility index (Phi) is 6.36. The lowest BCUT2D eigenvalue weighted by atomic mass is 10.0. The number of hydrogen-bond donors (Lipinski definition) is 1. The van der Waals surface area contributed by atoms with Crippen molar-refractivity contribution in [2.75, 3.05) is 6.54 Å². The summed E-state index contributed by atoms with van der Waals surface area (Å²) in [7, 11) is 0. The van der Waals surface area contributed by atoms with E-state index in [1.807, 2.05) is 48.5 Å². The minimum Gasteiger partial charge on any atom is -0.352 e. The van der Waals surface area contributed by atoms with Gasteiger partial charge in [0.25, 0.3) is 5.91 Å². The summed E-state index contributed by atoms with van der Waals surface area (Å²) >= 11 is 0. The van der Waals surface area contributed by atoms with Gasteiger partial charge in [-0.1, -0.05) is 77.9 Å². The van der Waals surface area contributed by atoms with Crippen LogP contribution in [0.4, 0.5) is 0 Å². The van der Waals surface area contributed by atoms with E-state index < -0.39 is 0 Å². The van der Waals surface area contributed by atoms with E-state index in [-0.39, 0.29) is 5.91 Å². The van der Waals surface area contributed by atoms with Gasteiger partial charge in [-0.2, -0.15) is 0 Å². The minimum atomic E-state index is -0.107. The molecule has 0 atom stereocenters. The highest BCUT2D eigenvalue weighted by molar-refractivity contribution is 5.98. The van der Waals surface area contributed by atoms with Crippen LogP contribution in [0.15, 0.2) is 97.1 Å². The Morgan fingerprint density at radius 3 is 1.94 bits per heavy atom. The summed E-state index contributed by atoms with van der Waals surface area (Å²) in [5.74, 6) is -0.107. The van der Waals surface area contributed by atoms with Crippen LogP contribution in [-0.4, -0.2) is 22.4 Å².